The normalized spacial score (nSPS) is 9.83. The maximum atomic E-state index is 11.3. The topological polar surface area (TPSA) is 40.5 Å². The van der Waals surface area contributed by atoms with Crippen molar-refractivity contribution in [2.75, 3.05) is 14.1 Å². The van der Waals surface area contributed by atoms with Crippen LogP contribution in [0, 0.1) is 0 Å². The second-order valence-electron chi connectivity index (χ2n) is 2.57. The number of aromatic hydroxyl groups is 1. The summed E-state index contributed by atoms with van der Waals surface area (Å²) < 4.78 is 0. The number of rotatable bonds is 1. The first-order chi connectivity index (χ1) is 5.54. The van der Waals surface area contributed by atoms with Crippen molar-refractivity contribution in [3.8, 4) is 5.75 Å². The maximum absolute atomic E-state index is 11.3. The standard InChI is InChI=1S/C7H8BNO2S/c1-9(2)7(11)6-5(10)4(8)3-12-6/h3,10H,1-2H3. The summed E-state index contributed by atoms with van der Waals surface area (Å²) in [6, 6.07) is 0. The Morgan fingerprint density at radius 2 is 2.25 bits per heavy atom. The molecule has 0 bridgehead atoms. The molecule has 0 aliphatic rings. The Morgan fingerprint density at radius 1 is 1.67 bits per heavy atom. The molecule has 0 unspecified atom stereocenters. The Morgan fingerprint density at radius 3 is 2.58 bits per heavy atom. The van der Waals surface area contributed by atoms with Crippen LogP contribution < -0.4 is 5.46 Å². The molecule has 0 atom stereocenters. The van der Waals surface area contributed by atoms with Crippen LogP contribution in [0.3, 0.4) is 0 Å². The molecule has 0 aliphatic heterocycles. The molecule has 1 heterocycles. The molecule has 62 valence electrons. The molecule has 1 rings (SSSR count). The summed E-state index contributed by atoms with van der Waals surface area (Å²) in [4.78, 5) is 13.0. The molecule has 5 heteroatoms. The highest BCUT2D eigenvalue weighted by Gasteiger charge is 2.16. The van der Waals surface area contributed by atoms with Gasteiger partial charge in [-0.05, 0) is 10.8 Å². The van der Waals surface area contributed by atoms with Gasteiger partial charge in [0, 0.05) is 14.1 Å². The van der Waals surface area contributed by atoms with E-state index < -0.39 is 0 Å². The first kappa shape index (κ1) is 9.13. The fourth-order valence-corrected chi connectivity index (χ4v) is 1.59. The van der Waals surface area contributed by atoms with Crippen molar-refractivity contribution in [3.63, 3.8) is 0 Å². The predicted molar refractivity (Wildman–Crippen MR) is 49.4 cm³/mol. The minimum Gasteiger partial charge on any atom is -0.507 e. The lowest BCUT2D eigenvalue weighted by Gasteiger charge is -2.08. The lowest BCUT2D eigenvalue weighted by molar-refractivity contribution is 0.0830. The summed E-state index contributed by atoms with van der Waals surface area (Å²) in [6.07, 6.45) is 0. The quantitative estimate of drug-likeness (QED) is 0.617. The molecule has 12 heavy (non-hydrogen) atoms. The Labute approximate surface area is 76.0 Å². The smallest absolute Gasteiger partial charge is 0.267 e. The first-order valence-electron chi connectivity index (χ1n) is 3.31. The SMILES string of the molecule is [B]c1csc(C(=O)N(C)C)c1O. The lowest BCUT2D eigenvalue weighted by atomic mass is 9.99. The van der Waals surface area contributed by atoms with E-state index in [9.17, 15) is 9.90 Å². The van der Waals surface area contributed by atoms with Crippen LogP contribution in [0.25, 0.3) is 0 Å². The zero-order valence-corrected chi connectivity index (χ0v) is 7.68. The molecule has 0 aliphatic carbocycles. The van der Waals surface area contributed by atoms with Crippen LogP contribution in [0.4, 0.5) is 0 Å². The van der Waals surface area contributed by atoms with Crippen LogP contribution >= 0.6 is 11.3 Å². The van der Waals surface area contributed by atoms with Gasteiger partial charge in [-0.3, -0.25) is 4.79 Å². The van der Waals surface area contributed by atoms with Gasteiger partial charge >= 0.3 is 0 Å². The molecule has 1 N–H and O–H groups in total. The highest BCUT2D eigenvalue weighted by Crippen LogP contribution is 2.21. The monoisotopic (exact) mass is 181 g/mol. The lowest BCUT2D eigenvalue weighted by Crippen LogP contribution is -2.21. The molecule has 0 saturated carbocycles. The first-order valence-corrected chi connectivity index (χ1v) is 4.19. The zero-order chi connectivity index (χ0) is 9.30. The van der Waals surface area contributed by atoms with Crippen molar-refractivity contribution in [2.24, 2.45) is 0 Å². The number of carbonyl (C=O) groups is 1. The highest BCUT2D eigenvalue weighted by atomic mass is 32.1. The van der Waals surface area contributed by atoms with Crippen LogP contribution in [0.2, 0.25) is 0 Å². The van der Waals surface area contributed by atoms with Gasteiger partial charge in [0.2, 0.25) is 0 Å². The fraction of sp³-hybridized carbons (Fsp3) is 0.286. The number of carbonyl (C=O) groups excluding carboxylic acids is 1. The number of hydrogen-bond donors (Lipinski definition) is 1. The summed E-state index contributed by atoms with van der Waals surface area (Å²) in [6.45, 7) is 0. The third-order valence-corrected chi connectivity index (χ3v) is 2.37. The molecule has 1 aromatic rings. The van der Waals surface area contributed by atoms with E-state index in [1.54, 1.807) is 19.5 Å². The van der Waals surface area contributed by atoms with Crippen LogP contribution in [0.1, 0.15) is 9.67 Å². The number of amides is 1. The van der Waals surface area contributed by atoms with Crippen molar-refractivity contribution in [2.45, 2.75) is 0 Å². The van der Waals surface area contributed by atoms with E-state index in [1.165, 1.54) is 4.90 Å². The summed E-state index contributed by atoms with van der Waals surface area (Å²) in [7, 11) is 8.61. The number of nitrogens with zero attached hydrogens (tertiary/aromatic N) is 1. The van der Waals surface area contributed by atoms with E-state index >= 15 is 0 Å². The van der Waals surface area contributed by atoms with Gasteiger partial charge in [-0.15, -0.1) is 11.3 Å². The van der Waals surface area contributed by atoms with Gasteiger partial charge in [0.1, 0.15) is 18.5 Å². The van der Waals surface area contributed by atoms with Crippen molar-refractivity contribution in [3.05, 3.63) is 10.3 Å². The van der Waals surface area contributed by atoms with Gasteiger partial charge in [-0.25, -0.2) is 0 Å². The average molecular weight is 181 g/mol. The predicted octanol–water partition coefficient (Wildman–Crippen LogP) is -0.0507. The van der Waals surface area contributed by atoms with E-state index in [1.807, 2.05) is 0 Å². The average Bonchev–Trinajstić information content (AvgIpc) is 2.32. The minimum absolute atomic E-state index is 0.112. The summed E-state index contributed by atoms with van der Waals surface area (Å²) in [5, 5.41) is 10.8. The van der Waals surface area contributed by atoms with Gasteiger partial charge in [-0.1, -0.05) is 0 Å². The molecule has 2 radical (unpaired) electrons. The summed E-state index contributed by atoms with van der Waals surface area (Å²) in [5.74, 6) is -0.340. The second kappa shape index (κ2) is 3.19. The van der Waals surface area contributed by atoms with Crippen LogP contribution in [0.15, 0.2) is 5.38 Å². The van der Waals surface area contributed by atoms with E-state index in [0.717, 1.165) is 11.3 Å². The molecule has 0 saturated heterocycles. The Balaban J connectivity index is 3.04. The molecular weight excluding hydrogens is 173 g/mol. The van der Waals surface area contributed by atoms with Crippen LogP contribution in [0.5, 0.6) is 5.75 Å². The van der Waals surface area contributed by atoms with Crippen LogP contribution in [-0.2, 0) is 0 Å². The summed E-state index contributed by atoms with van der Waals surface area (Å²) in [5.41, 5.74) is 0.255. The van der Waals surface area contributed by atoms with Gasteiger partial charge < -0.3 is 10.0 Å². The van der Waals surface area contributed by atoms with E-state index in [2.05, 4.69) is 0 Å². The Bertz CT molecular complexity index is 308. The van der Waals surface area contributed by atoms with Crippen molar-refractivity contribution >= 4 is 30.6 Å². The fourth-order valence-electron chi connectivity index (χ4n) is 0.720. The van der Waals surface area contributed by atoms with Gasteiger partial charge in [0.25, 0.3) is 5.91 Å². The molecule has 0 spiro atoms. The second-order valence-corrected chi connectivity index (χ2v) is 3.45. The molecular formula is C7H8BNO2S. The minimum atomic E-state index is -0.228. The van der Waals surface area contributed by atoms with Gasteiger partial charge in [0.15, 0.2) is 0 Å². The number of thiophene rings is 1. The van der Waals surface area contributed by atoms with E-state index in [4.69, 9.17) is 7.85 Å². The van der Waals surface area contributed by atoms with Crippen molar-refractivity contribution in [1.29, 1.82) is 0 Å². The molecule has 3 nitrogen and oxygen atoms in total. The largest absolute Gasteiger partial charge is 0.507 e. The number of hydrogen-bond acceptors (Lipinski definition) is 3. The summed E-state index contributed by atoms with van der Waals surface area (Å²) >= 11 is 1.15. The molecule has 1 amide bonds. The Kier molecular flexibility index (Phi) is 2.42. The third kappa shape index (κ3) is 1.45. The highest BCUT2D eigenvalue weighted by molar-refractivity contribution is 7.13. The zero-order valence-electron chi connectivity index (χ0n) is 6.87. The maximum Gasteiger partial charge on any atom is 0.267 e. The third-order valence-electron chi connectivity index (χ3n) is 1.39. The van der Waals surface area contributed by atoms with Gasteiger partial charge in [-0.2, -0.15) is 0 Å². The Hall–Kier alpha value is -0.965. The van der Waals surface area contributed by atoms with E-state index in [0.29, 0.717) is 0 Å². The molecule has 0 fully saturated rings. The van der Waals surface area contributed by atoms with Crippen molar-refractivity contribution < 1.29 is 9.90 Å². The van der Waals surface area contributed by atoms with Gasteiger partial charge in [0.05, 0.1) is 0 Å². The van der Waals surface area contributed by atoms with E-state index in [-0.39, 0.29) is 22.0 Å². The molecule has 0 aromatic carbocycles. The van der Waals surface area contributed by atoms with Crippen LogP contribution in [-0.4, -0.2) is 37.9 Å². The van der Waals surface area contributed by atoms with Crippen molar-refractivity contribution in [1.82, 2.24) is 4.90 Å². The molecule has 1 aromatic heterocycles.